The maximum Gasteiger partial charge on any atom is 0.333 e. The van der Waals surface area contributed by atoms with E-state index in [0.29, 0.717) is 23.0 Å². The zero-order valence-electron chi connectivity index (χ0n) is 31.3. The molecule has 2 N–H and O–H groups in total. The molecule has 0 unspecified atom stereocenters. The van der Waals surface area contributed by atoms with Crippen LogP contribution in [0.1, 0.15) is 170 Å². The fourth-order valence-electron chi connectivity index (χ4n) is 10.4. The minimum atomic E-state index is -0.704. The fraction of sp³-hybridized carbons (Fsp3) is 0.857. The zero-order chi connectivity index (χ0) is 34.6. The third kappa shape index (κ3) is 11.2. The number of esters is 1. The Bertz CT molecular complexity index is 1030. The van der Waals surface area contributed by atoms with E-state index in [0.717, 1.165) is 93.3 Å². The van der Waals surface area contributed by atoms with Gasteiger partial charge in [-0.2, -0.15) is 0 Å². The number of hydrogen-bond donors (Lipinski definition) is 2. The van der Waals surface area contributed by atoms with Crippen molar-refractivity contribution in [2.45, 2.75) is 176 Å². The van der Waals surface area contributed by atoms with Crippen LogP contribution in [0.2, 0.25) is 0 Å². The number of hydrogen-bond acceptors (Lipinski definition) is 4. The SMILES string of the molecule is C=C(C)C(=O)OCCCCCCCCCCC(=O)O.CC(C)CCC[C@@H](C)[C@H]1CC[C@H]2[C@@H]3CC=C4C[C@@H](O)CC[C@]4(C)[C@H]3CC[C@]12C. The molecule has 5 heteroatoms. The predicted octanol–water partition coefficient (Wildman–Crippen LogP) is 11.1. The molecule has 0 aromatic heterocycles. The summed E-state index contributed by atoms with van der Waals surface area (Å²) >= 11 is 0. The first-order valence-electron chi connectivity index (χ1n) is 19.7. The topological polar surface area (TPSA) is 83.8 Å². The fourth-order valence-corrected chi connectivity index (χ4v) is 10.4. The van der Waals surface area contributed by atoms with Gasteiger partial charge in [-0.1, -0.05) is 111 Å². The van der Waals surface area contributed by atoms with E-state index < -0.39 is 5.97 Å². The Balaban J connectivity index is 0.000000279. The van der Waals surface area contributed by atoms with Gasteiger partial charge in [0.1, 0.15) is 0 Å². The molecule has 8 atom stereocenters. The van der Waals surface area contributed by atoms with Crippen LogP contribution in [0.4, 0.5) is 0 Å². The van der Waals surface area contributed by atoms with Crippen molar-refractivity contribution in [3.8, 4) is 0 Å². The van der Waals surface area contributed by atoms with Gasteiger partial charge in [0, 0.05) is 12.0 Å². The van der Waals surface area contributed by atoms with Crippen LogP contribution in [0.25, 0.3) is 0 Å². The molecule has 3 fully saturated rings. The monoisotopic (exact) mass is 657 g/mol. The second kappa shape index (κ2) is 19.0. The first-order chi connectivity index (χ1) is 22.3. The third-order valence-electron chi connectivity index (χ3n) is 13.1. The van der Waals surface area contributed by atoms with Crippen molar-refractivity contribution >= 4 is 11.9 Å². The molecule has 47 heavy (non-hydrogen) atoms. The van der Waals surface area contributed by atoms with Crippen LogP contribution < -0.4 is 0 Å². The van der Waals surface area contributed by atoms with Gasteiger partial charge in [-0.05, 0) is 117 Å². The highest BCUT2D eigenvalue weighted by atomic mass is 16.5. The number of aliphatic hydroxyl groups excluding tert-OH is 1. The first-order valence-corrected chi connectivity index (χ1v) is 19.7. The molecule has 4 aliphatic rings. The maximum absolute atomic E-state index is 11.1. The van der Waals surface area contributed by atoms with Crippen molar-refractivity contribution in [3.05, 3.63) is 23.8 Å². The summed E-state index contributed by atoms with van der Waals surface area (Å²) in [5, 5.41) is 18.7. The number of aliphatic carboxylic acids is 1. The van der Waals surface area contributed by atoms with Gasteiger partial charge in [0.2, 0.25) is 0 Å². The molecular weight excluding hydrogens is 584 g/mol. The molecule has 4 rings (SSSR count). The van der Waals surface area contributed by atoms with Gasteiger partial charge in [-0.15, -0.1) is 0 Å². The van der Waals surface area contributed by atoms with Crippen molar-refractivity contribution in [2.24, 2.45) is 46.3 Å². The third-order valence-corrected chi connectivity index (χ3v) is 13.1. The van der Waals surface area contributed by atoms with Crippen LogP contribution in [0.15, 0.2) is 23.8 Å². The Kier molecular flexibility index (Phi) is 16.1. The summed E-state index contributed by atoms with van der Waals surface area (Å²) in [6.45, 7) is 18.2. The Morgan fingerprint density at radius 1 is 0.894 bits per heavy atom. The maximum atomic E-state index is 11.1. The summed E-state index contributed by atoms with van der Waals surface area (Å²) in [5.41, 5.74) is 3.05. The lowest BCUT2D eigenvalue weighted by Crippen LogP contribution is -2.50. The van der Waals surface area contributed by atoms with Crippen LogP contribution in [-0.4, -0.2) is 34.9 Å². The van der Waals surface area contributed by atoms with Gasteiger partial charge < -0.3 is 14.9 Å². The van der Waals surface area contributed by atoms with E-state index in [1.807, 2.05) is 0 Å². The van der Waals surface area contributed by atoms with E-state index in [1.165, 1.54) is 64.2 Å². The van der Waals surface area contributed by atoms with Crippen molar-refractivity contribution in [3.63, 3.8) is 0 Å². The van der Waals surface area contributed by atoms with Gasteiger partial charge in [0.15, 0.2) is 0 Å². The Labute approximate surface area is 288 Å². The van der Waals surface area contributed by atoms with E-state index in [-0.39, 0.29) is 18.5 Å². The number of allylic oxidation sites excluding steroid dienone is 1. The average molecular weight is 657 g/mol. The van der Waals surface area contributed by atoms with E-state index in [2.05, 4.69) is 47.3 Å². The number of unbranched alkanes of at least 4 members (excludes halogenated alkanes) is 7. The molecule has 0 radical (unpaired) electrons. The van der Waals surface area contributed by atoms with Gasteiger partial charge in [-0.25, -0.2) is 4.79 Å². The number of carbonyl (C=O) groups is 2. The molecule has 5 nitrogen and oxygen atoms in total. The summed E-state index contributed by atoms with van der Waals surface area (Å²) in [4.78, 5) is 21.3. The molecule has 270 valence electrons. The van der Waals surface area contributed by atoms with Gasteiger partial charge in [0.25, 0.3) is 0 Å². The summed E-state index contributed by atoms with van der Waals surface area (Å²) in [6, 6.07) is 0. The molecule has 0 aliphatic heterocycles. The van der Waals surface area contributed by atoms with E-state index in [4.69, 9.17) is 9.84 Å². The van der Waals surface area contributed by atoms with Crippen molar-refractivity contribution in [1.82, 2.24) is 0 Å². The molecule has 3 saturated carbocycles. The number of rotatable bonds is 17. The summed E-state index contributed by atoms with van der Waals surface area (Å²) in [7, 11) is 0. The predicted molar refractivity (Wildman–Crippen MR) is 194 cm³/mol. The lowest BCUT2D eigenvalue weighted by Gasteiger charge is -2.58. The molecule has 0 spiro atoms. The van der Waals surface area contributed by atoms with Crippen LogP contribution in [0.5, 0.6) is 0 Å². The number of aliphatic hydroxyl groups is 1. The van der Waals surface area contributed by atoms with Gasteiger partial charge in [-0.3, -0.25) is 4.79 Å². The molecule has 0 bridgehead atoms. The summed E-state index contributed by atoms with van der Waals surface area (Å²) in [6.07, 6.45) is 25.8. The van der Waals surface area contributed by atoms with Gasteiger partial charge in [0.05, 0.1) is 12.7 Å². The summed E-state index contributed by atoms with van der Waals surface area (Å²) in [5.74, 6) is 4.45. The standard InChI is InChI=1S/C27H46O.C15H26O4/c1-18(2)7-6-8-19(3)23-11-12-24-22-10-9-20-17-21(28)13-15-26(20,4)25(22)14-16-27(23,24)5;1-13(2)15(18)19-12-10-8-6-4-3-5-7-9-11-14(16)17/h9,18-19,21-25,28H,6-8,10-17H2,1-5H3;1,3-12H2,2H3,(H,16,17)/t19-,21+,22+,23-,24+,25+,26+,27-;/m1./s1. The number of ether oxygens (including phenoxy) is 1. The van der Waals surface area contributed by atoms with E-state index in [1.54, 1.807) is 12.5 Å². The lowest BCUT2D eigenvalue weighted by atomic mass is 9.47. The first kappa shape index (κ1) is 39.8. The van der Waals surface area contributed by atoms with E-state index >= 15 is 0 Å². The van der Waals surface area contributed by atoms with Crippen LogP contribution in [0.3, 0.4) is 0 Å². The Morgan fingerprint density at radius 2 is 1.55 bits per heavy atom. The number of carboxylic acids is 1. The van der Waals surface area contributed by atoms with Crippen LogP contribution >= 0.6 is 0 Å². The second-order valence-electron chi connectivity index (χ2n) is 17.1. The highest BCUT2D eigenvalue weighted by Gasteiger charge is 2.59. The quantitative estimate of drug-likeness (QED) is 0.0704. The van der Waals surface area contributed by atoms with Crippen molar-refractivity contribution < 1.29 is 24.5 Å². The summed E-state index contributed by atoms with van der Waals surface area (Å²) < 4.78 is 4.99. The highest BCUT2D eigenvalue weighted by molar-refractivity contribution is 5.86. The Morgan fingerprint density at radius 3 is 2.19 bits per heavy atom. The normalized spacial score (nSPS) is 31.8. The van der Waals surface area contributed by atoms with Crippen LogP contribution in [-0.2, 0) is 14.3 Å². The van der Waals surface area contributed by atoms with Crippen molar-refractivity contribution in [1.29, 1.82) is 0 Å². The molecule has 0 amide bonds. The number of fused-ring (bicyclic) bond motifs is 5. The molecular formula is C42H72O5. The average Bonchev–Trinajstić information content (AvgIpc) is 3.37. The minimum Gasteiger partial charge on any atom is -0.481 e. The molecule has 0 aromatic carbocycles. The van der Waals surface area contributed by atoms with Crippen LogP contribution in [0, 0.1) is 46.3 Å². The molecule has 0 aromatic rings. The van der Waals surface area contributed by atoms with Crippen molar-refractivity contribution in [2.75, 3.05) is 6.61 Å². The zero-order valence-corrected chi connectivity index (χ0v) is 31.3. The number of carbonyl (C=O) groups excluding carboxylic acids is 1. The minimum absolute atomic E-state index is 0.0766. The second-order valence-corrected chi connectivity index (χ2v) is 17.1. The molecule has 0 saturated heterocycles. The number of carboxylic acid groups (broad SMARTS) is 1. The largest absolute Gasteiger partial charge is 0.481 e. The smallest absolute Gasteiger partial charge is 0.333 e. The van der Waals surface area contributed by atoms with Gasteiger partial charge >= 0.3 is 11.9 Å². The molecule has 4 aliphatic carbocycles. The molecule has 0 heterocycles. The Hall–Kier alpha value is -1.62. The van der Waals surface area contributed by atoms with E-state index in [9.17, 15) is 14.7 Å². The lowest BCUT2D eigenvalue weighted by molar-refractivity contribution is -0.139. The highest BCUT2D eigenvalue weighted by Crippen LogP contribution is 2.67.